The molecule has 0 radical (unpaired) electrons. The molecule has 1 aromatic carbocycles. The molecule has 1 heterocycles. The van der Waals surface area contributed by atoms with Crippen molar-refractivity contribution in [2.45, 2.75) is 12.5 Å². The second-order valence-corrected chi connectivity index (χ2v) is 4.56. The molecule has 0 aliphatic heterocycles. The van der Waals surface area contributed by atoms with Gasteiger partial charge in [-0.2, -0.15) is 0 Å². The van der Waals surface area contributed by atoms with E-state index in [0.29, 0.717) is 11.4 Å². The molecular weight excluding hydrogens is 278 g/mol. The van der Waals surface area contributed by atoms with Crippen LogP contribution in [0.25, 0.3) is 0 Å². The molecule has 1 unspecified atom stereocenters. The molecular formula is C12H11Cl2FN2O. The van der Waals surface area contributed by atoms with E-state index in [0.717, 1.165) is 11.1 Å². The number of hydrogen-bond acceptors (Lipinski definition) is 3. The molecule has 0 fully saturated rings. The van der Waals surface area contributed by atoms with E-state index < -0.39 is 0 Å². The van der Waals surface area contributed by atoms with Crippen molar-refractivity contribution in [3.63, 3.8) is 0 Å². The number of rotatable bonds is 4. The first-order valence-electron chi connectivity index (χ1n) is 5.24. The van der Waals surface area contributed by atoms with E-state index in [9.17, 15) is 4.39 Å². The minimum absolute atomic E-state index is 0.251. The van der Waals surface area contributed by atoms with Gasteiger partial charge >= 0.3 is 0 Å². The lowest BCUT2D eigenvalue weighted by molar-refractivity contribution is 0.526. The topological polar surface area (TPSA) is 51.2 Å². The van der Waals surface area contributed by atoms with Crippen LogP contribution < -0.4 is 11.3 Å². The van der Waals surface area contributed by atoms with Gasteiger partial charge in [0, 0.05) is 10.6 Å². The van der Waals surface area contributed by atoms with E-state index in [1.54, 1.807) is 12.1 Å². The molecule has 18 heavy (non-hydrogen) atoms. The van der Waals surface area contributed by atoms with Crippen molar-refractivity contribution in [2.75, 3.05) is 0 Å². The summed E-state index contributed by atoms with van der Waals surface area (Å²) in [5.74, 6) is 5.12. The second-order valence-electron chi connectivity index (χ2n) is 3.81. The van der Waals surface area contributed by atoms with Gasteiger partial charge in [0.1, 0.15) is 5.82 Å². The van der Waals surface area contributed by atoms with Crippen molar-refractivity contribution in [1.82, 2.24) is 5.43 Å². The number of benzene rings is 1. The molecule has 3 nitrogen and oxygen atoms in total. The Morgan fingerprint density at radius 3 is 2.67 bits per heavy atom. The van der Waals surface area contributed by atoms with Crippen LogP contribution in [0.5, 0.6) is 0 Å². The largest absolute Gasteiger partial charge is 0.453 e. The van der Waals surface area contributed by atoms with Gasteiger partial charge in [-0.1, -0.05) is 17.7 Å². The van der Waals surface area contributed by atoms with Gasteiger partial charge in [0.05, 0.1) is 12.3 Å². The minimum Gasteiger partial charge on any atom is -0.453 e. The first-order valence-corrected chi connectivity index (χ1v) is 6.00. The minimum atomic E-state index is -0.373. The fourth-order valence-electron chi connectivity index (χ4n) is 1.72. The fourth-order valence-corrected chi connectivity index (χ4v) is 2.21. The van der Waals surface area contributed by atoms with Gasteiger partial charge in [-0.05, 0) is 41.8 Å². The molecule has 2 rings (SSSR count). The maximum absolute atomic E-state index is 12.9. The summed E-state index contributed by atoms with van der Waals surface area (Å²) >= 11 is 11.9. The summed E-state index contributed by atoms with van der Waals surface area (Å²) < 4.78 is 18.0. The molecule has 1 atom stereocenters. The van der Waals surface area contributed by atoms with Crippen LogP contribution in [0.2, 0.25) is 10.2 Å². The van der Waals surface area contributed by atoms with Crippen LogP contribution in [0.4, 0.5) is 4.39 Å². The quantitative estimate of drug-likeness (QED) is 0.669. The summed E-state index contributed by atoms with van der Waals surface area (Å²) in [5, 5.41) is 0.631. The van der Waals surface area contributed by atoms with Crippen LogP contribution in [0.15, 0.2) is 34.9 Å². The van der Waals surface area contributed by atoms with Gasteiger partial charge in [0.2, 0.25) is 0 Å². The molecule has 2 aromatic rings. The van der Waals surface area contributed by atoms with Crippen molar-refractivity contribution in [3.8, 4) is 0 Å². The fraction of sp³-hybridized carbons (Fsp3) is 0.167. The Balaban J connectivity index is 2.23. The van der Waals surface area contributed by atoms with Crippen LogP contribution in [-0.2, 0) is 6.42 Å². The summed E-state index contributed by atoms with van der Waals surface area (Å²) in [6, 6.07) is 5.72. The number of hydrogen-bond donors (Lipinski definition) is 2. The van der Waals surface area contributed by atoms with Crippen molar-refractivity contribution in [3.05, 3.63) is 57.7 Å². The van der Waals surface area contributed by atoms with Gasteiger partial charge in [-0.3, -0.25) is 11.3 Å². The Hall–Kier alpha value is -1.07. The van der Waals surface area contributed by atoms with Crippen LogP contribution >= 0.6 is 23.2 Å². The third-order valence-electron chi connectivity index (χ3n) is 2.66. The SMILES string of the molecule is NNC(Cc1ccc(F)cc1Cl)c1ccoc1Cl. The first kappa shape index (κ1) is 13.4. The predicted molar refractivity (Wildman–Crippen MR) is 68.9 cm³/mol. The average molecular weight is 289 g/mol. The zero-order valence-electron chi connectivity index (χ0n) is 9.29. The van der Waals surface area contributed by atoms with E-state index in [-0.39, 0.29) is 17.1 Å². The van der Waals surface area contributed by atoms with Crippen molar-refractivity contribution < 1.29 is 8.81 Å². The highest BCUT2D eigenvalue weighted by Gasteiger charge is 2.17. The van der Waals surface area contributed by atoms with E-state index >= 15 is 0 Å². The molecule has 3 N–H and O–H groups in total. The number of nitrogens with one attached hydrogen (secondary N) is 1. The van der Waals surface area contributed by atoms with Crippen LogP contribution in [-0.4, -0.2) is 0 Å². The van der Waals surface area contributed by atoms with Gasteiger partial charge in [0.25, 0.3) is 0 Å². The second kappa shape index (κ2) is 5.71. The summed E-state index contributed by atoms with van der Waals surface area (Å²) in [4.78, 5) is 0. The summed E-state index contributed by atoms with van der Waals surface area (Å²) in [6.07, 6.45) is 1.96. The van der Waals surface area contributed by atoms with Crippen LogP contribution in [0.3, 0.4) is 0 Å². The molecule has 6 heteroatoms. The Morgan fingerprint density at radius 2 is 2.11 bits per heavy atom. The molecule has 0 aliphatic rings. The highest BCUT2D eigenvalue weighted by molar-refractivity contribution is 6.31. The third kappa shape index (κ3) is 2.84. The zero-order valence-corrected chi connectivity index (χ0v) is 10.8. The van der Waals surface area contributed by atoms with Gasteiger partial charge in [0.15, 0.2) is 5.22 Å². The third-order valence-corrected chi connectivity index (χ3v) is 3.32. The lowest BCUT2D eigenvalue weighted by Gasteiger charge is -2.15. The Bertz CT molecular complexity index is 545. The van der Waals surface area contributed by atoms with E-state index in [1.807, 2.05) is 0 Å². The smallest absolute Gasteiger partial charge is 0.197 e. The lowest BCUT2D eigenvalue weighted by Crippen LogP contribution is -2.29. The van der Waals surface area contributed by atoms with Gasteiger partial charge in [-0.15, -0.1) is 0 Å². The normalized spacial score (nSPS) is 12.7. The van der Waals surface area contributed by atoms with E-state index in [4.69, 9.17) is 33.5 Å². The number of nitrogens with two attached hydrogens (primary N) is 1. The van der Waals surface area contributed by atoms with Gasteiger partial charge < -0.3 is 4.42 Å². The maximum Gasteiger partial charge on any atom is 0.197 e. The molecule has 96 valence electrons. The predicted octanol–water partition coefficient (Wildman–Crippen LogP) is 3.47. The molecule has 0 aliphatic carbocycles. The lowest BCUT2D eigenvalue weighted by atomic mass is 10.0. The molecule has 0 spiro atoms. The molecule has 0 amide bonds. The number of hydrazine groups is 1. The first-order chi connectivity index (χ1) is 8.61. The number of halogens is 3. The van der Waals surface area contributed by atoms with Crippen molar-refractivity contribution >= 4 is 23.2 Å². The van der Waals surface area contributed by atoms with Crippen molar-refractivity contribution in [1.29, 1.82) is 0 Å². The monoisotopic (exact) mass is 288 g/mol. The highest BCUT2D eigenvalue weighted by atomic mass is 35.5. The molecule has 0 saturated heterocycles. The zero-order chi connectivity index (χ0) is 13.1. The van der Waals surface area contributed by atoms with Crippen LogP contribution in [0.1, 0.15) is 17.2 Å². The summed E-state index contributed by atoms with van der Waals surface area (Å²) in [5.41, 5.74) is 4.15. The molecule has 0 bridgehead atoms. The Morgan fingerprint density at radius 1 is 1.33 bits per heavy atom. The van der Waals surface area contributed by atoms with Gasteiger partial charge in [-0.25, -0.2) is 4.39 Å². The summed E-state index contributed by atoms with van der Waals surface area (Å²) in [7, 11) is 0. The van der Waals surface area contributed by atoms with E-state index in [1.165, 1.54) is 18.4 Å². The molecule has 1 aromatic heterocycles. The highest BCUT2D eigenvalue weighted by Crippen LogP contribution is 2.28. The van der Waals surface area contributed by atoms with E-state index in [2.05, 4.69) is 5.43 Å². The molecule has 0 saturated carbocycles. The maximum atomic E-state index is 12.9. The average Bonchev–Trinajstić information content (AvgIpc) is 2.75. The Kier molecular flexibility index (Phi) is 4.24. The number of furan rings is 1. The van der Waals surface area contributed by atoms with Crippen molar-refractivity contribution in [2.24, 2.45) is 5.84 Å². The Labute approximate surface area is 114 Å². The van der Waals surface area contributed by atoms with Crippen LogP contribution in [0, 0.1) is 5.82 Å². The standard InChI is InChI=1S/C12H11Cl2FN2O/c13-10-6-8(15)2-1-7(10)5-11(17-16)9-3-4-18-12(9)14/h1-4,6,11,17H,5,16H2. The summed E-state index contributed by atoms with van der Waals surface area (Å²) in [6.45, 7) is 0.